The summed E-state index contributed by atoms with van der Waals surface area (Å²) in [6, 6.07) is 0.00762. The van der Waals surface area contributed by atoms with Crippen molar-refractivity contribution in [1.82, 2.24) is 25.2 Å². The van der Waals surface area contributed by atoms with Crippen LogP contribution in [-0.2, 0) is 11.8 Å². The summed E-state index contributed by atoms with van der Waals surface area (Å²) in [4.78, 5) is 4.40. The average Bonchev–Trinajstić information content (AvgIpc) is 3.00. The quantitative estimate of drug-likeness (QED) is 0.832. The van der Waals surface area contributed by atoms with Crippen LogP contribution in [0.1, 0.15) is 17.6 Å². The van der Waals surface area contributed by atoms with Gasteiger partial charge in [0.1, 0.15) is 0 Å². The van der Waals surface area contributed by atoms with Gasteiger partial charge < -0.3 is 14.6 Å². The molecule has 7 nitrogen and oxygen atoms in total. The predicted octanol–water partition coefficient (Wildman–Crippen LogP) is 0.439. The van der Waals surface area contributed by atoms with Crippen molar-refractivity contribution in [2.24, 2.45) is 7.05 Å². The van der Waals surface area contributed by atoms with E-state index >= 15 is 0 Å². The number of hydrogen-bond donors (Lipinski definition) is 1. The molecule has 0 aromatic carbocycles. The van der Waals surface area contributed by atoms with Crippen molar-refractivity contribution in [1.29, 1.82) is 0 Å². The Morgan fingerprint density at radius 2 is 2.39 bits per heavy atom. The Hall–Kier alpha value is -1.73. The van der Waals surface area contributed by atoms with E-state index in [1.807, 2.05) is 14.0 Å². The minimum atomic E-state index is 0.00762. The normalized spacial score (nSPS) is 20.2. The van der Waals surface area contributed by atoms with Crippen molar-refractivity contribution in [3.8, 4) is 11.5 Å². The van der Waals surface area contributed by atoms with Crippen LogP contribution in [0.5, 0.6) is 0 Å². The zero-order chi connectivity index (χ0) is 12.5. The fraction of sp³-hybridized carbons (Fsp3) is 0.545. The maximum atomic E-state index is 5.38. The van der Waals surface area contributed by atoms with Gasteiger partial charge in [0, 0.05) is 19.3 Å². The van der Waals surface area contributed by atoms with Crippen molar-refractivity contribution in [3.05, 3.63) is 17.7 Å². The third-order valence-electron chi connectivity index (χ3n) is 3.14. The van der Waals surface area contributed by atoms with Gasteiger partial charge in [0.25, 0.3) is 5.89 Å². The Bertz CT molecular complexity index is 541. The molecule has 0 saturated carbocycles. The molecular formula is C11H15N5O2. The van der Waals surface area contributed by atoms with Gasteiger partial charge in [-0.3, -0.25) is 4.68 Å². The lowest BCUT2D eigenvalue weighted by Crippen LogP contribution is -2.35. The first-order chi connectivity index (χ1) is 8.75. The topological polar surface area (TPSA) is 78.0 Å². The van der Waals surface area contributed by atoms with Gasteiger partial charge in [0.15, 0.2) is 5.82 Å². The second-order valence-electron chi connectivity index (χ2n) is 4.31. The number of rotatable bonds is 2. The van der Waals surface area contributed by atoms with Crippen LogP contribution in [0.3, 0.4) is 0 Å². The lowest BCUT2D eigenvalue weighted by Gasteiger charge is -2.20. The summed E-state index contributed by atoms with van der Waals surface area (Å²) in [5, 5.41) is 11.5. The standard InChI is InChI=1S/C11H15N5O2/c1-7-8(5-13-16(7)2)11-14-10(15-18-11)9-6-17-4-3-12-9/h5,9,12H,3-4,6H2,1-2H3. The van der Waals surface area contributed by atoms with E-state index in [2.05, 4.69) is 20.6 Å². The molecule has 3 rings (SSSR count). The SMILES string of the molecule is Cc1c(-c2nc(C3COCCN3)no2)cnn1C. The molecule has 0 spiro atoms. The highest BCUT2D eigenvalue weighted by Gasteiger charge is 2.22. The van der Waals surface area contributed by atoms with Gasteiger partial charge in [-0.25, -0.2) is 0 Å². The van der Waals surface area contributed by atoms with Crippen LogP contribution in [0, 0.1) is 6.92 Å². The highest BCUT2D eigenvalue weighted by Crippen LogP contribution is 2.22. The highest BCUT2D eigenvalue weighted by molar-refractivity contribution is 5.54. The molecule has 0 amide bonds. The smallest absolute Gasteiger partial charge is 0.261 e. The molecule has 1 saturated heterocycles. The molecule has 1 aliphatic rings. The molecule has 1 atom stereocenters. The Labute approximate surface area is 104 Å². The number of nitrogens with one attached hydrogen (secondary N) is 1. The summed E-state index contributed by atoms with van der Waals surface area (Å²) >= 11 is 0. The lowest BCUT2D eigenvalue weighted by atomic mass is 10.2. The van der Waals surface area contributed by atoms with Crippen LogP contribution in [0.25, 0.3) is 11.5 Å². The predicted molar refractivity (Wildman–Crippen MR) is 62.8 cm³/mol. The summed E-state index contributed by atoms with van der Waals surface area (Å²) in [6.07, 6.45) is 1.73. The highest BCUT2D eigenvalue weighted by atomic mass is 16.5. The average molecular weight is 249 g/mol. The molecule has 1 aliphatic heterocycles. The molecule has 0 radical (unpaired) electrons. The second kappa shape index (κ2) is 4.51. The minimum absolute atomic E-state index is 0.00762. The van der Waals surface area contributed by atoms with Crippen molar-refractivity contribution >= 4 is 0 Å². The number of nitrogens with zero attached hydrogens (tertiary/aromatic N) is 4. The van der Waals surface area contributed by atoms with E-state index in [1.165, 1.54) is 0 Å². The van der Waals surface area contributed by atoms with Crippen LogP contribution in [0.2, 0.25) is 0 Å². The summed E-state index contributed by atoms with van der Waals surface area (Å²) in [6.45, 7) is 4.07. The fourth-order valence-electron chi connectivity index (χ4n) is 1.93. The van der Waals surface area contributed by atoms with Crippen LogP contribution in [-0.4, -0.2) is 39.7 Å². The molecule has 1 fully saturated rings. The minimum Gasteiger partial charge on any atom is -0.378 e. The van der Waals surface area contributed by atoms with Crippen molar-refractivity contribution in [2.75, 3.05) is 19.8 Å². The molecule has 7 heteroatoms. The molecule has 96 valence electrons. The maximum absolute atomic E-state index is 5.38. The number of morpholine rings is 1. The Kier molecular flexibility index (Phi) is 2.85. The molecule has 3 heterocycles. The summed E-state index contributed by atoms with van der Waals surface area (Å²) in [5.74, 6) is 1.14. The number of hydrogen-bond acceptors (Lipinski definition) is 6. The van der Waals surface area contributed by atoms with Crippen LogP contribution in [0.4, 0.5) is 0 Å². The molecule has 0 bridgehead atoms. The van der Waals surface area contributed by atoms with Crippen LogP contribution in [0.15, 0.2) is 10.7 Å². The van der Waals surface area contributed by atoms with E-state index in [1.54, 1.807) is 10.9 Å². The van der Waals surface area contributed by atoms with Gasteiger partial charge in [0.2, 0.25) is 0 Å². The van der Waals surface area contributed by atoms with E-state index in [0.717, 1.165) is 24.4 Å². The number of ether oxygens (including phenoxy) is 1. The number of aryl methyl sites for hydroxylation is 1. The summed E-state index contributed by atoms with van der Waals surface area (Å²) in [5.41, 5.74) is 1.87. The summed E-state index contributed by atoms with van der Waals surface area (Å²) < 4.78 is 12.4. The van der Waals surface area contributed by atoms with Gasteiger partial charge in [-0.2, -0.15) is 10.1 Å². The van der Waals surface area contributed by atoms with Crippen LogP contribution < -0.4 is 5.32 Å². The zero-order valence-corrected chi connectivity index (χ0v) is 10.4. The first kappa shape index (κ1) is 11.4. The molecule has 1 unspecified atom stereocenters. The van der Waals surface area contributed by atoms with E-state index in [4.69, 9.17) is 9.26 Å². The van der Waals surface area contributed by atoms with Gasteiger partial charge in [-0.05, 0) is 6.92 Å². The number of aromatic nitrogens is 4. The van der Waals surface area contributed by atoms with Crippen molar-refractivity contribution < 1.29 is 9.26 Å². The maximum Gasteiger partial charge on any atom is 0.261 e. The first-order valence-corrected chi connectivity index (χ1v) is 5.89. The molecule has 1 N–H and O–H groups in total. The second-order valence-corrected chi connectivity index (χ2v) is 4.31. The Balaban J connectivity index is 1.87. The van der Waals surface area contributed by atoms with Crippen LogP contribution >= 0.6 is 0 Å². The molecule has 0 aliphatic carbocycles. The third kappa shape index (κ3) is 1.91. The van der Waals surface area contributed by atoms with Gasteiger partial charge in [0.05, 0.1) is 31.0 Å². The largest absolute Gasteiger partial charge is 0.378 e. The molecular weight excluding hydrogens is 234 g/mol. The van der Waals surface area contributed by atoms with Crippen molar-refractivity contribution in [2.45, 2.75) is 13.0 Å². The van der Waals surface area contributed by atoms with Gasteiger partial charge in [-0.1, -0.05) is 5.16 Å². The molecule has 2 aromatic rings. The van der Waals surface area contributed by atoms with E-state index < -0.39 is 0 Å². The van der Waals surface area contributed by atoms with E-state index in [0.29, 0.717) is 18.3 Å². The fourth-order valence-corrected chi connectivity index (χ4v) is 1.93. The monoisotopic (exact) mass is 249 g/mol. The molecule has 18 heavy (non-hydrogen) atoms. The van der Waals surface area contributed by atoms with Gasteiger partial charge in [-0.15, -0.1) is 0 Å². The lowest BCUT2D eigenvalue weighted by molar-refractivity contribution is 0.0734. The summed E-state index contributed by atoms with van der Waals surface area (Å²) in [7, 11) is 1.88. The zero-order valence-electron chi connectivity index (χ0n) is 10.4. The van der Waals surface area contributed by atoms with E-state index in [9.17, 15) is 0 Å². The Morgan fingerprint density at radius 3 is 3.06 bits per heavy atom. The van der Waals surface area contributed by atoms with Crippen molar-refractivity contribution in [3.63, 3.8) is 0 Å². The first-order valence-electron chi connectivity index (χ1n) is 5.89. The van der Waals surface area contributed by atoms with Gasteiger partial charge >= 0.3 is 0 Å². The molecule has 2 aromatic heterocycles. The third-order valence-corrected chi connectivity index (χ3v) is 3.14. The van der Waals surface area contributed by atoms with E-state index in [-0.39, 0.29) is 6.04 Å². The Morgan fingerprint density at radius 1 is 1.50 bits per heavy atom.